The van der Waals surface area contributed by atoms with Gasteiger partial charge in [0.15, 0.2) is 0 Å². The molecular formula is C4H6INO. The molecule has 40 valence electrons. The minimum Gasteiger partial charge on any atom is -0.150 e. The fourth-order valence-corrected chi connectivity index (χ4v) is 1.41. The average Bonchev–Trinajstić information content (AvgIpc) is 1.65. The highest BCUT2D eigenvalue weighted by molar-refractivity contribution is 14.1. The van der Waals surface area contributed by atoms with Crippen LogP contribution in [-0.4, -0.2) is 9.97 Å². The first-order valence-electron chi connectivity index (χ1n) is 2.31. The van der Waals surface area contributed by atoms with Crippen molar-refractivity contribution in [2.24, 2.45) is 5.18 Å². The Labute approximate surface area is 55.8 Å². The zero-order valence-corrected chi connectivity index (χ0v) is 5.96. The van der Waals surface area contributed by atoms with Crippen molar-refractivity contribution in [3.8, 4) is 0 Å². The van der Waals surface area contributed by atoms with E-state index in [1.54, 1.807) is 0 Å². The highest BCUT2D eigenvalue weighted by Gasteiger charge is 2.28. The van der Waals surface area contributed by atoms with E-state index in [0.717, 1.165) is 6.42 Å². The van der Waals surface area contributed by atoms with E-state index in [1.807, 2.05) is 0 Å². The second-order valence-electron chi connectivity index (χ2n) is 1.77. The topological polar surface area (TPSA) is 29.4 Å². The van der Waals surface area contributed by atoms with Crippen LogP contribution in [0.2, 0.25) is 0 Å². The molecule has 1 saturated carbocycles. The van der Waals surface area contributed by atoms with Crippen LogP contribution in [0.1, 0.15) is 12.8 Å². The van der Waals surface area contributed by atoms with Gasteiger partial charge in [-0.3, -0.25) is 0 Å². The highest BCUT2D eigenvalue weighted by Crippen LogP contribution is 2.29. The molecule has 2 unspecified atom stereocenters. The molecule has 0 aromatic carbocycles. The van der Waals surface area contributed by atoms with Gasteiger partial charge in [0.2, 0.25) is 0 Å². The summed E-state index contributed by atoms with van der Waals surface area (Å²) < 4.78 is 0.537. The lowest BCUT2D eigenvalue weighted by molar-refractivity contribution is 0.449. The Balaban J connectivity index is 2.28. The van der Waals surface area contributed by atoms with Gasteiger partial charge in [-0.2, -0.15) is 4.91 Å². The van der Waals surface area contributed by atoms with Gasteiger partial charge in [-0.05, 0) is 12.8 Å². The standard InChI is InChI=1S/C4H6INO/c5-3-1-2-4(3)6-7/h3-4H,1-2H2. The van der Waals surface area contributed by atoms with Crippen LogP contribution in [0.4, 0.5) is 0 Å². The number of nitrogens with zero attached hydrogens (tertiary/aromatic N) is 1. The average molecular weight is 211 g/mol. The van der Waals surface area contributed by atoms with Gasteiger partial charge in [-0.15, -0.1) is 0 Å². The lowest BCUT2D eigenvalue weighted by Gasteiger charge is -2.24. The van der Waals surface area contributed by atoms with Gasteiger partial charge in [0.25, 0.3) is 0 Å². The van der Waals surface area contributed by atoms with Crippen molar-refractivity contribution >= 4 is 22.6 Å². The number of hydrogen-bond donors (Lipinski definition) is 0. The molecule has 1 aliphatic carbocycles. The maximum Gasteiger partial charge on any atom is 0.104 e. The van der Waals surface area contributed by atoms with Gasteiger partial charge in [0.05, 0.1) is 0 Å². The smallest absolute Gasteiger partial charge is 0.104 e. The summed E-state index contributed by atoms with van der Waals surface area (Å²) in [6.07, 6.45) is 2.19. The SMILES string of the molecule is O=NC1CCC1I. The van der Waals surface area contributed by atoms with Gasteiger partial charge in [-0.25, -0.2) is 0 Å². The van der Waals surface area contributed by atoms with Crippen molar-refractivity contribution in [2.75, 3.05) is 0 Å². The summed E-state index contributed by atoms with van der Waals surface area (Å²) in [6.45, 7) is 0. The first-order chi connectivity index (χ1) is 3.34. The van der Waals surface area contributed by atoms with Crippen molar-refractivity contribution < 1.29 is 0 Å². The van der Waals surface area contributed by atoms with Gasteiger partial charge < -0.3 is 0 Å². The summed E-state index contributed by atoms with van der Waals surface area (Å²) in [5, 5.41) is 2.92. The Hall–Kier alpha value is 0.330. The Morgan fingerprint density at radius 3 is 2.29 bits per heavy atom. The van der Waals surface area contributed by atoms with E-state index < -0.39 is 0 Å². The fourth-order valence-electron chi connectivity index (χ4n) is 0.560. The molecule has 1 rings (SSSR count). The molecule has 0 bridgehead atoms. The molecule has 0 spiro atoms. The second kappa shape index (κ2) is 2.07. The summed E-state index contributed by atoms with van der Waals surface area (Å²) in [6, 6.07) is 0.139. The van der Waals surface area contributed by atoms with Crippen LogP contribution in [0.3, 0.4) is 0 Å². The predicted molar refractivity (Wildman–Crippen MR) is 36.6 cm³/mol. The van der Waals surface area contributed by atoms with Crippen molar-refractivity contribution in [3.05, 3.63) is 4.91 Å². The molecule has 1 fully saturated rings. The van der Waals surface area contributed by atoms with E-state index >= 15 is 0 Å². The first-order valence-corrected chi connectivity index (χ1v) is 3.55. The normalized spacial score (nSPS) is 39.6. The Morgan fingerprint density at radius 2 is 2.29 bits per heavy atom. The predicted octanol–water partition coefficient (Wildman–Crippen LogP) is 1.72. The quantitative estimate of drug-likeness (QED) is 0.368. The van der Waals surface area contributed by atoms with Crippen molar-refractivity contribution in [2.45, 2.75) is 22.8 Å². The van der Waals surface area contributed by atoms with E-state index in [2.05, 4.69) is 27.8 Å². The lowest BCUT2D eigenvalue weighted by atomic mass is 9.94. The third-order valence-corrected chi connectivity index (χ3v) is 2.74. The largest absolute Gasteiger partial charge is 0.150 e. The Morgan fingerprint density at radius 1 is 1.57 bits per heavy atom. The van der Waals surface area contributed by atoms with Gasteiger partial charge in [0.1, 0.15) is 6.04 Å². The van der Waals surface area contributed by atoms with E-state index in [1.165, 1.54) is 6.42 Å². The molecule has 2 atom stereocenters. The fraction of sp³-hybridized carbons (Fsp3) is 1.00. The van der Waals surface area contributed by atoms with Crippen LogP contribution in [0.15, 0.2) is 5.18 Å². The van der Waals surface area contributed by atoms with Gasteiger partial charge in [-0.1, -0.05) is 27.8 Å². The number of halogens is 1. The Kier molecular flexibility index (Phi) is 1.61. The van der Waals surface area contributed by atoms with Crippen molar-refractivity contribution in [1.82, 2.24) is 0 Å². The number of rotatable bonds is 1. The first kappa shape index (κ1) is 5.47. The van der Waals surface area contributed by atoms with Gasteiger partial charge >= 0.3 is 0 Å². The molecule has 0 saturated heterocycles. The third kappa shape index (κ3) is 0.925. The van der Waals surface area contributed by atoms with Crippen LogP contribution in [0.5, 0.6) is 0 Å². The molecular weight excluding hydrogens is 205 g/mol. The maximum absolute atomic E-state index is 9.74. The van der Waals surface area contributed by atoms with E-state index in [9.17, 15) is 4.91 Å². The van der Waals surface area contributed by atoms with Crippen LogP contribution >= 0.6 is 22.6 Å². The molecule has 0 heterocycles. The molecule has 1 aliphatic rings. The number of nitroso groups, excluding NO2 is 1. The lowest BCUT2D eigenvalue weighted by Crippen LogP contribution is -2.28. The summed E-state index contributed by atoms with van der Waals surface area (Å²) in [7, 11) is 0. The van der Waals surface area contributed by atoms with Crippen molar-refractivity contribution in [3.63, 3.8) is 0 Å². The zero-order chi connectivity index (χ0) is 5.28. The minimum atomic E-state index is 0.139. The highest BCUT2D eigenvalue weighted by atomic mass is 127. The van der Waals surface area contributed by atoms with E-state index in [4.69, 9.17) is 0 Å². The summed E-state index contributed by atoms with van der Waals surface area (Å²) in [5.41, 5.74) is 0. The zero-order valence-electron chi connectivity index (χ0n) is 3.80. The second-order valence-corrected chi connectivity index (χ2v) is 3.37. The maximum atomic E-state index is 9.74. The molecule has 0 aliphatic heterocycles. The molecule has 3 heteroatoms. The van der Waals surface area contributed by atoms with Crippen LogP contribution in [0.25, 0.3) is 0 Å². The van der Waals surface area contributed by atoms with Crippen LogP contribution < -0.4 is 0 Å². The van der Waals surface area contributed by atoms with Crippen LogP contribution in [-0.2, 0) is 0 Å². The monoisotopic (exact) mass is 211 g/mol. The Bertz CT molecular complexity index is 85.8. The molecule has 2 nitrogen and oxygen atoms in total. The van der Waals surface area contributed by atoms with E-state index in [-0.39, 0.29) is 6.04 Å². The van der Waals surface area contributed by atoms with Gasteiger partial charge in [0, 0.05) is 3.92 Å². The van der Waals surface area contributed by atoms with E-state index in [0.29, 0.717) is 3.92 Å². The third-order valence-electron chi connectivity index (χ3n) is 1.29. The molecule has 0 N–H and O–H groups in total. The number of alkyl halides is 1. The minimum absolute atomic E-state index is 0.139. The summed E-state index contributed by atoms with van der Waals surface area (Å²) in [4.78, 5) is 9.74. The van der Waals surface area contributed by atoms with Crippen molar-refractivity contribution in [1.29, 1.82) is 0 Å². The molecule has 0 amide bonds. The molecule has 7 heavy (non-hydrogen) atoms. The number of hydrogen-bond acceptors (Lipinski definition) is 2. The van der Waals surface area contributed by atoms with Crippen LogP contribution in [0, 0.1) is 4.91 Å². The molecule has 0 aromatic rings. The molecule has 0 aromatic heterocycles. The summed E-state index contributed by atoms with van der Waals surface area (Å²) >= 11 is 2.26. The molecule has 0 radical (unpaired) electrons. The summed E-state index contributed by atoms with van der Waals surface area (Å²) in [5.74, 6) is 0.